The minimum atomic E-state index is -0.307. The highest BCUT2D eigenvalue weighted by Crippen LogP contribution is 2.40. The summed E-state index contributed by atoms with van der Waals surface area (Å²) in [6.07, 6.45) is 2.68. The Hall–Kier alpha value is -1.79. The molecule has 2 fully saturated rings. The number of carbonyl (C=O) groups is 2. The molecular weight excluding hydrogens is 332 g/mol. The van der Waals surface area contributed by atoms with Crippen molar-refractivity contribution >= 4 is 29.1 Å². The van der Waals surface area contributed by atoms with Crippen molar-refractivity contribution in [1.29, 1.82) is 0 Å². The van der Waals surface area contributed by atoms with Gasteiger partial charge in [0.05, 0.1) is 30.7 Å². The molecule has 1 saturated heterocycles. The zero-order valence-electron chi connectivity index (χ0n) is 13.5. The van der Waals surface area contributed by atoms with Crippen LogP contribution in [0.2, 0.25) is 5.02 Å². The van der Waals surface area contributed by atoms with Crippen molar-refractivity contribution in [3.8, 4) is 5.75 Å². The van der Waals surface area contributed by atoms with E-state index in [0.717, 1.165) is 19.4 Å². The lowest BCUT2D eigenvalue weighted by Crippen LogP contribution is -2.33. The first-order valence-corrected chi connectivity index (χ1v) is 8.50. The van der Waals surface area contributed by atoms with Gasteiger partial charge in [0.1, 0.15) is 5.75 Å². The molecule has 2 N–H and O–H groups in total. The van der Waals surface area contributed by atoms with Crippen molar-refractivity contribution < 1.29 is 19.1 Å². The Labute approximate surface area is 145 Å². The third kappa shape index (κ3) is 3.99. The number of hydrogen-bond acceptors (Lipinski definition) is 4. The molecule has 7 heteroatoms. The van der Waals surface area contributed by atoms with Gasteiger partial charge in [0.25, 0.3) is 0 Å². The van der Waals surface area contributed by atoms with Gasteiger partial charge in [-0.3, -0.25) is 9.59 Å². The van der Waals surface area contributed by atoms with Gasteiger partial charge in [-0.25, -0.2) is 0 Å². The molecular formula is C17H21ClN2O4. The summed E-state index contributed by atoms with van der Waals surface area (Å²) in [6, 6.07) is 5.01. The van der Waals surface area contributed by atoms with Crippen LogP contribution in [0.3, 0.4) is 0 Å². The van der Waals surface area contributed by atoms with Gasteiger partial charge in [0, 0.05) is 18.2 Å². The maximum absolute atomic E-state index is 12.3. The fourth-order valence-corrected chi connectivity index (χ4v) is 3.10. The summed E-state index contributed by atoms with van der Waals surface area (Å²) in [5, 5.41) is 6.18. The molecule has 24 heavy (non-hydrogen) atoms. The Kier molecular flexibility index (Phi) is 5.26. The summed E-state index contributed by atoms with van der Waals surface area (Å²) in [5.41, 5.74) is 0.514. The number of amides is 2. The lowest BCUT2D eigenvalue weighted by molar-refractivity contribution is -0.125. The van der Waals surface area contributed by atoms with Gasteiger partial charge in [0.2, 0.25) is 11.8 Å². The van der Waals surface area contributed by atoms with E-state index in [1.54, 1.807) is 18.2 Å². The van der Waals surface area contributed by atoms with Crippen LogP contribution in [-0.2, 0) is 14.3 Å². The minimum Gasteiger partial charge on any atom is -0.495 e. The maximum atomic E-state index is 12.3. The smallest absolute Gasteiger partial charge is 0.228 e. The fourth-order valence-electron chi connectivity index (χ4n) is 2.93. The molecule has 1 heterocycles. The van der Waals surface area contributed by atoms with Crippen LogP contribution in [0.25, 0.3) is 0 Å². The predicted molar refractivity (Wildman–Crippen MR) is 90.2 cm³/mol. The standard InChI is InChI=1S/C17H21ClN2O4/c1-23-15-5-4-10(18)7-14(15)20-17(22)13-8-12(13)16(21)19-9-11-3-2-6-24-11/h4-5,7,11-13H,2-3,6,8-9H2,1H3,(H,19,21)(H,20,22). The van der Waals surface area contributed by atoms with Crippen LogP contribution in [0, 0.1) is 11.8 Å². The van der Waals surface area contributed by atoms with Crippen molar-refractivity contribution in [2.75, 3.05) is 25.6 Å². The van der Waals surface area contributed by atoms with Crippen molar-refractivity contribution in [1.82, 2.24) is 5.32 Å². The van der Waals surface area contributed by atoms with Crippen LogP contribution in [0.4, 0.5) is 5.69 Å². The molecule has 0 radical (unpaired) electrons. The molecule has 3 atom stereocenters. The maximum Gasteiger partial charge on any atom is 0.228 e. The molecule has 130 valence electrons. The van der Waals surface area contributed by atoms with E-state index in [2.05, 4.69) is 10.6 Å². The number of methoxy groups -OCH3 is 1. The second-order valence-corrected chi connectivity index (χ2v) is 6.60. The third-order valence-electron chi connectivity index (χ3n) is 4.41. The first-order chi connectivity index (χ1) is 11.6. The summed E-state index contributed by atoms with van der Waals surface area (Å²) in [5.74, 6) is -0.306. The first kappa shape index (κ1) is 17.0. The van der Waals surface area contributed by atoms with Gasteiger partial charge in [-0.1, -0.05) is 11.6 Å². The van der Waals surface area contributed by atoms with Crippen LogP contribution in [-0.4, -0.2) is 38.2 Å². The second kappa shape index (κ2) is 7.40. The van der Waals surface area contributed by atoms with E-state index in [9.17, 15) is 9.59 Å². The normalized spacial score (nSPS) is 25.2. The lowest BCUT2D eigenvalue weighted by Gasteiger charge is -2.11. The minimum absolute atomic E-state index is 0.0799. The van der Waals surface area contributed by atoms with Crippen molar-refractivity contribution in [2.45, 2.75) is 25.4 Å². The van der Waals surface area contributed by atoms with E-state index in [0.29, 0.717) is 29.4 Å². The molecule has 0 aromatic heterocycles. The molecule has 3 rings (SSSR count). The summed E-state index contributed by atoms with van der Waals surface area (Å²) < 4.78 is 10.7. The van der Waals surface area contributed by atoms with Gasteiger partial charge in [-0.2, -0.15) is 0 Å². The van der Waals surface area contributed by atoms with Gasteiger partial charge >= 0.3 is 0 Å². The number of rotatable bonds is 6. The van der Waals surface area contributed by atoms with Gasteiger partial charge in [0.15, 0.2) is 0 Å². The predicted octanol–water partition coefficient (Wildman–Crippen LogP) is 2.22. The van der Waals surface area contributed by atoms with Crippen molar-refractivity contribution in [3.63, 3.8) is 0 Å². The average molecular weight is 353 g/mol. The molecule has 2 amide bonds. The number of ether oxygens (including phenoxy) is 2. The van der Waals surface area contributed by atoms with E-state index >= 15 is 0 Å². The average Bonchev–Trinajstić information content (AvgIpc) is 3.21. The van der Waals surface area contributed by atoms with Gasteiger partial charge in [-0.05, 0) is 37.5 Å². The molecule has 1 aliphatic heterocycles. The summed E-state index contributed by atoms with van der Waals surface area (Å²) in [6.45, 7) is 1.28. The first-order valence-electron chi connectivity index (χ1n) is 8.12. The fraction of sp³-hybridized carbons (Fsp3) is 0.529. The van der Waals surface area contributed by atoms with Crippen LogP contribution in [0.1, 0.15) is 19.3 Å². The van der Waals surface area contributed by atoms with E-state index in [-0.39, 0.29) is 29.8 Å². The molecule has 1 saturated carbocycles. The Balaban J connectivity index is 1.50. The molecule has 1 aliphatic carbocycles. The molecule has 1 aromatic carbocycles. The Morgan fingerprint density at radius 1 is 1.33 bits per heavy atom. The van der Waals surface area contributed by atoms with Gasteiger partial charge in [-0.15, -0.1) is 0 Å². The zero-order valence-corrected chi connectivity index (χ0v) is 14.3. The van der Waals surface area contributed by atoms with Crippen LogP contribution in [0.15, 0.2) is 18.2 Å². The molecule has 6 nitrogen and oxygen atoms in total. The highest BCUT2D eigenvalue weighted by Gasteiger charge is 2.48. The molecule has 0 bridgehead atoms. The number of halogens is 1. The van der Waals surface area contributed by atoms with Crippen molar-refractivity contribution in [3.05, 3.63) is 23.2 Å². The molecule has 1 aromatic rings. The number of nitrogens with one attached hydrogen (secondary N) is 2. The van der Waals surface area contributed by atoms with Crippen molar-refractivity contribution in [2.24, 2.45) is 11.8 Å². The number of benzene rings is 1. The van der Waals surface area contributed by atoms with Gasteiger partial charge < -0.3 is 20.1 Å². The van der Waals surface area contributed by atoms with E-state index in [1.807, 2.05) is 0 Å². The summed E-state index contributed by atoms with van der Waals surface area (Å²) in [4.78, 5) is 24.4. The van der Waals surface area contributed by atoms with E-state index in [4.69, 9.17) is 21.1 Å². The quantitative estimate of drug-likeness (QED) is 0.823. The van der Waals surface area contributed by atoms with Crippen LogP contribution in [0.5, 0.6) is 5.75 Å². The second-order valence-electron chi connectivity index (χ2n) is 6.16. The van der Waals surface area contributed by atoms with Crippen LogP contribution >= 0.6 is 11.6 Å². The van der Waals surface area contributed by atoms with E-state index < -0.39 is 0 Å². The lowest BCUT2D eigenvalue weighted by atomic mass is 10.2. The van der Waals surface area contributed by atoms with Crippen LogP contribution < -0.4 is 15.4 Å². The molecule has 0 spiro atoms. The Morgan fingerprint density at radius 3 is 2.83 bits per heavy atom. The number of carbonyl (C=O) groups excluding carboxylic acids is 2. The summed E-state index contributed by atoms with van der Waals surface area (Å²) >= 11 is 5.95. The number of anilines is 1. The summed E-state index contributed by atoms with van der Waals surface area (Å²) in [7, 11) is 1.53. The zero-order chi connectivity index (χ0) is 17.1. The molecule has 2 aliphatic rings. The SMILES string of the molecule is COc1ccc(Cl)cc1NC(=O)C1CC1C(=O)NCC1CCCO1. The Morgan fingerprint density at radius 2 is 2.12 bits per heavy atom. The topological polar surface area (TPSA) is 76.7 Å². The third-order valence-corrected chi connectivity index (χ3v) is 4.65. The highest BCUT2D eigenvalue weighted by molar-refractivity contribution is 6.31. The number of hydrogen-bond donors (Lipinski definition) is 2. The van der Waals surface area contributed by atoms with E-state index in [1.165, 1.54) is 7.11 Å². The Bertz CT molecular complexity index is 631. The molecule has 3 unspecified atom stereocenters. The monoisotopic (exact) mass is 352 g/mol. The highest BCUT2D eigenvalue weighted by atomic mass is 35.5. The largest absolute Gasteiger partial charge is 0.495 e.